The summed E-state index contributed by atoms with van der Waals surface area (Å²) < 4.78 is 27.9. The smallest absolute Gasteiger partial charge is 0.411 e. The number of aliphatic hydroxyl groups is 1. The van der Waals surface area contributed by atoms with E-state index in [0.717, 1.165) is 11.1 Å². The van der Waals surface area contributed by atoms with Crippen LogP contribution in [-0.4, -0.2) is 79.4 Å². The molecule has 1 aromatic carbocycles. The first-order valence-electron chi connectivity index (χ1n) is 12.6. The second kappa shape index (κ2) is 13.9. The molecule has 0 aromatic heterocycles. The molecule has 1 aliphatic rings. The maximum atomic E-state index is 13.5. The normalized spacial score (nSPS) is 17.3. The van der Waals surface area contributed by atoms with Crippen LogP contribution in [0, 0.1) is 6.92 Å². The van der Waals surface area contributed by atoms with Crippen molar-refractivity contribution in [3.8, 4) is 11.5 Å². The van der Waals surface area contributed by atoms with Crippen LogP contribution < -0.4 is 14.8 Å². The second-order valence-corrected chi connectivity index (χ2v) is 10.0. The van der Waals surface area contributed by atoms with Gasteiger partial charge in [0.25, 0.3) is 0 Å². The molecule has 0 saturated heterocycles. The molecule has 0 fully saturated rings. The van der Waals surface area contributed by atoms with Gasteiger partial charge in [-0.25, -0.2) is 9.59 Å². The van der Waals surface area contributed by atoms with E-state index in [1.807, 2.05) is 13.0 Å². The third-order valence-corrected chi connectivity index (χ3v) is 5.83. The van der Waals surface area contributed by atoms with Crippen molar-refractivity contribution in [1.82, 2.24) is 10.2 Å². The summed E-state index contributed by atoms with van der Waals surface area (Å²) in [5.41, 5.74) is 1.22. The number of esters is 1. The van der Waals surface area contributed by atoms with E-state index in [4.69, 9.17) is 23.7 Å². The summed E-state index contributed by atoms with van der Waals surface area (Å²) in [6.45, 7) is 14.9. The number of benzene rings is 1. The predicted molar refractivity (Wildman–Crippen MR) is 144 cm³/mol. The van der Waals surface area contributed by atoms with Crippen molar-refractivity contribution >= 4 is 18.2 Å². The molecular formula is C28H40N2O9. The highest BCUT2D eigenvalue weighted by Gasteiger charge is 2.46. The van der Waals surface area contributed by atoms with E-state index in [2.05, 4.69) is 18.5 Å². The Kier molecular flexibility index (Phi) is 11.2. The first-order valence-corrected chi connectivity index (χ1v) is 12.6. The summed E-state index contributed by atoms with van der Waals surface area (Å²) in [7, 11) is 1.50. The van der Waals surface area contributed by atoms with Crippen LogP contribution in [0.2, 0.25) is 0 Å². The minimum Gasteiger partial charge on any atom is -0.493 e. The first-order chi connectivity index (χ1) is 18.4. The van der Waals surface area contributed by atoms with Gasteiger partial charge in [0, 0.05) is 12.5 Å². The largest absolute Gasteiger partial charge is 0.493 e. The van der Waals surface area contributed by atoms with Gasteiger partial charge in [-0.1, -0.05) is 31.4 Å². The maximum Gasteiger partial charge on any atom is 0.411 e. The van der Waals surface area contributed by atoms with E-state index in [1.54, 1.807) is 26.8 Å². The van der Waals surface area contributed by atoms with E-state index >= 15 is 0 Å². The van der Waals surface area contributed by atoms with E-state index in [-0.39, 0.29) is 26.2 Å². The molecule has 0 aliphatic carbocycles. The number of aryl methyl sites for hydroxylation is 1. The molecule has 0 saturated carbocycles. The van der Waals surface area contributed by atoms with Crippen molar-refractivity contribution in [3.05, 3.63) is 48.1 Å². The number of fused-ring (bicyclic) bond motifs is 1. The quantitative estimate of drug-likeness (QED) is 0.242. The lowest BCUT2D eigenvalue weighted by atomic mass is 9.83. The van der Waals surface area contributed by atoms with Crippen LogP contribution in [0.1, 0.15) is 50.4 Å². The maximum absolute atomic E-state index is 13.5. The summed E-state index contributed by atoms with van der Waals surface area (Å²) in [6.07, 6.45) is 1.69. The fourth-order valence-corrected chi connectivity index (χ4v) is 4.50. The SMILES string of the molecule is C=CCOC(=O)N1C(COC(C)=O)Cc2cc(C)c(OC)c(OCC=C)c2[C@@H]1[C@H](CO)NC(=O)OC(C)(C)C. The minimum atomic E-state index is -1.08. The molecule has 11 nitrogen and oxygen atoms in total. The lowest BCUT2D eigenvalue weighted by Gasteiger charge is -2.45. The molecule has 2 rings (SSSR count). The second-order valence-electron chi connectivity index (χ2n) is 10.0. The van der Waals surface area contributed by atoms with Crippen molar-refractivity contribution in [2.45, 2.75) is 64.8 Å². The van der Waals surface area contributed by atoms with Gasteiger partial charge in [-0.15, -0.1) is 0 Å². The molecule has 1 aliphatic heterocycles. The monoisotopic (exact) mass is 548 g/mol. The van der Waals surface area contributed by atoms with Crippen LogP contribution in [0.4, 0.5) is 9.59 Å². The van der Waals surface area contributed by atoms with Crippen LogP contribution in [0.5, 0.6) is 11.5 Å². The number of rotatable bonds is 11. The molecule has 0 spiro atoms. The predicted octanol–water partition coefficient (Wildman–Crippen LogP) is 3.61. The molecule has 0 bridgehead atoms. The van der Waals surface area contributed by atoms with E-state index in [9.17, 15) is 19.5 Å². The molecule has 3 atom stereocenters. The van der Waals surface area contributed by atoms with Crippen LogP contribution in [0.3, 0.4) is 0 Å². The number of carbonyl (C=O) groups excluding carboxylic acids is 3. The third-order valence-electron chi connectivity index (χ3n) is 5.83. The average molecular weight is 549 g/mol. The van der Waals surface area contributed by atoms with Crippen LogP contribution in [0.25, 0.3) is 0 Å². The number of aliphatic hydroxyl groups excluding tert-OH is 1. The van der Waals surface area contributed by atoms with Gasteiger partial charge in [0.05, 0.1) is 31.8 Å². The fraction of sp³-hybridized carbons (Fsp3) is 0.536. The molecule has 1 aromatic rings. The molecule has 11 heteroatoms. The van der Waals surface area contributed by atoms with Gasteiger partial charge in [-0.2, -0.15) is 0 Å². The van der Waals surface area contributed by atoms with Gasteiger partial charge in [0.2, 0.25) is 0 Å². The molecular weight excluding hydrogens is 508 g/mol. The van der Waals surface area contributed by atoms with Crippen molar-refractivity contribution in [3.63, 3.8) is 0 Å². The highest BCUT2D eigenvalue weighted by atomic mass is 16.6. The lowest BCUT2D eigenvalue weighted by molar-refractivity contribution is -0.143. The molecule has 216 valence electrons. The Morgan fingerprint density at radius 2 is 1.85 bits per heavy atom. The van der Waals surface area contributed by atoms with E-state index in [1.165, 1.54) is 25.0 Å². The molecule has 1 unspecified atom stereocenters. The summed E-state index contributed by atoms with van der Waals surface area (Å²) in [4.78, 5) is 39.4. The number of amides is 2. The fourth-order valence-electron chi connectivity index (χ4n) is 4.50. The number of carbonyl (C=O) groups is 3. The molecule has 39 heavy (non-hydrogen) atoms. The average Bonchev–Trinajstić information content (AvgIpc) is 2.85. The number of ether oxygens (including phenoxy) is 5. The summed E-state index contributed by atoms with van der Waals surface area (Å²) in [6, 6.07) is -0.915. The van der Waals surface area contributed by atoms with Crippen LogP contribution >= 0.6 is 0 Å². The molecule has 2 amide bonds. The number of alkyl carbamates (subject to hydrolysis) is 1. The Balaban J connectivity index is 2.81. The Hall–Kier alpha value is -3.73. The molecule has 1 heterocycles. The third kappa shape index (κ3) is 8.13. The number of hydrogen-bond acceptors (Lipinski definition) is 9. The van der Waals surface area contributed by atoms with Gasteiger partial charge in [0.15, 0.2) is 11.5 Å². The zero-order valence-electron chi connectivity index (χ0n) is 23.6. The zero-order chi connectivity index (χ0) is 29.3. The Morgan fingerprint density at radius 1 is 1.18 bits per heavy atom. The number of hydrogen-bond donors (Lipinski definition) is 2. The lowest BCUT2D eigenvalue weighted by Crippen LogP contribution is -2.57. The molecule has 2 N–H and O–H groups in total. The van der Waals surface area contributed by atoms with Crippen LogP contribution in [0.15, 0.2) is 31.4 Å². The van der Waals surface area contributed by atoms with Gasteiger partial charge in [-0.05, 0) is 45.2 Å². The molecule has 0 radical (unpaired) electrons. The van der Waals surface area contributed by atoms with Gasteiger partial charge in [0.1, 0.15) is 25.4 Å². The van der Waals surface area contributed by atoms with Crippen LogP contribution in [-0.2, 0) is 25.4 Å². The zero-order valence-corrected chi connectivity index (χ0v) is 23.6. The Morgan fingerprint density at radius 3 is 2.38 bits per heavy atom. The van der Waals surface area contributed by atoms with Crippen molar-refractivity contribution in [2.24, 2.45) is 0 Å². The van der Waals surface area contributed by atoms with E-state index in [0.29, 0.717) is 17.1 Å². The number of nitrogens with zero attached hydrogens (tertiary/aromatic N) is 1. The van der Waals surface area contributed by atoms with Gasteiger partial charge < -0.3 is 34.1 Å². The summed E-state index contributed by atoms with van der Waals surface area (Å²) in [5, 5.41) is 13.2. The standard InChI is InChI=1S/C28H40N2O9/c1-9-11-36-25-22-19(13-17(3)24(25)35-8)14-20(16-38-18(4)32)30(27(34)37-12-10-2)23(22)21(15-31)29-26(33)39-28(5,6)7/h9-10,13,20-21,23,31H,1-2,11-12,14-16H2,3-8H3,(H,29,33)/t20?,21-,23-/m0/s1. The van der Waals surface area contributed by atoms with Gasteiger partial charge >= 0.3 is 18.2 Å². The minimum absolute atomic E-state index is 0.0878. The number of methoxy groups -OCH3 is 1. The highest BCUT2D eigenvalue weighted by molar-refractivity contribution is 5.73. The topological polar surface area (TPSA) is 133 Å². The van der Waals surface area contributed by atoms with Crippen molar-refractivity contribution < 1.29 is 43.2 Å². The van der Waals surface area contributed by atoms with Crippen molar-refractivity contribution in [2.75, 3.05) is 33.5 Å². The number of nitrogens with one attached hydrogen (secondary N) is 1. The summed E-state index contributed by atoms with van der Waals surface area (Å²) >= 11 is 0. The van der Waals surface area contributed by atoms with Gasteiger partial charge in [-0.3, -0.25) is 9.69 Å². The highest BCUT2D eigenvalue weighted by Crippen LogP contribution is 2.47. The Bertz CT molecular complexity index is 1060. The summed E-state index contributed by atoms with van der Waals surface area (Å²) in [5.74, 6) is 0.227. The first kappa shape index (κ1) is 31.5. The Labute approximate surface area is 229 Å². The van der Waals surface area contributed by atoms with E-state index < -0.39 is 48.5 Å². The van der Waals surface area contributed by atoms with Crippen molar-refractivity contribution in [1.29, 1.82) is 0 Å².